The molecule has 2 aromatic rings. The third kappa shape index (κ3) is 10.2. The first-order chi connectivity index (χ1) is 18.1. The summed E-state index contributed by atoms with van der Waals surface area (Å²) in [6.07, 6.45) is 0.315. The lowest BCUT2D eigenvalue weighted by atomic mass is 10.1. The second kappa shape index (κ2) is 14.9. The third-order valence-electron chi connectivity index (χ3n) is 5.35. The Morgan fingerprint density at radius 2 is 1.42 bits per heavy atom. The van der Waals surface area contributed by atoms with Gasteiger partial charge in [0.2, 0.25) is 17.7 Å². The average molecular weight is 528 g/mol. The van der Waals surface area contributed by atoms with Crippen LogP contribution in [0.5, 0.6) is 5.75 Å². The Bertz CT molecular complexity index is 1110. The van der Waals surface area contributed by atoms with Crippen molar-refractivity contribution in [2.24, 2.45) is 11.5 Å². The molecule has 0 aliphatic carbocycles. The third-order valence-corrected chi connectivity index (χ3v) is 5.35. The van der Waals surface area contributed by atoms with Crippen molar-refractivity contribution in [2.45, 2.75) is 37.9 Å². The van der Waals surface area contributed by atoms with Crippen molar-refractivity contribution < 1.29 is 29.1 Å². The van der Waals surface area contributed by atoms with Gasteiger partial charge in [-0.2, -0.15) is 0 Å². The Labute approximate surface area is 219 Å². The van der Waals surface area contributed by atoms with E-state index in [1.54, 1.807) is 42.5 Å². The van der Waals surface area contributed by atoms with Crippen LogP contribution >= 0.6 is 0 Å². The number of carbonyl (C=O) groups is 5. The predicted octanol–water partition coefficient (Wildman–Crippen LogP) is -2.28. The van der Waals surface area contributed by atoms with Gasteiger partial charge >= 0.3 is 0 Å². The van der Waals surface area contributed by atoms with E-state index in [9.17, 15) is 29.1 Å². The van der Waals surface area contributed by atoms with Crippen molar-refractivity contribution >= 4 is 29.5 Å². The molecule has 0 aliphatic rings. The van der Waals surface area contributed by atoms with Crippen molar-refractivity contribution in [3.63, 3.8) is 0 Å². The van der Waals surface area contributed by atoms with Crippen LogP contribution in [0.1, 0.15) is 18.1 Å². The van der Waals surface area contributed by atoms with Crippen LogP contribution in [-0.2, 0) is 36.8 Å². The lowest BCUT2D eigenvalue weighted by Gasteiger charge is -2.20. The van der Waals surface area contributed by atoms with E-state index in [-0.39, 0.29) is 25.1 Å². The van der Waals surface area contributed by atoms with Crippen LogP contribution in [0.4, 0.5) is 0 Å². The van der Waals surface area contributed by atoms with Crippen LogP contribution in [-0.4, -0.2) is 65.9 Å². The molecule has 0 radical (unpaired) electrons. The Hall–Kier alpha value is -4.49. The molecule has 38 heavy (non-hydrogen) atoms. The molecule has 2 rings (SSSR count). The first-order valence-electron chi connectivity index (χ1n) is 11.8. The normalized spacial score (nSPS) is 12.8. The molecule has 5 amide bonds. The highest BCUT2D eigenvalue weighted by Gasteiger charge is 2.24. The Kier molecular flexibility index (Phi) is 11.7. The molecule has 0 fully saturated rings. The van der Waals surface area contributed by atoms with Gasteiger partial charge in [0, 0.05) is 6.42 Å². The standard InChI is InChI=1S/C25H33N7O6/c1-15(29-24(37)19(27)11-17-7-9-18(33)10-8-17)23(36)28-14-22(35)30-20(12-16-5-3-2-4-6-16)25(38)32-31-21(34)13-26/h2-10,15,19-20,33H,11-14,26-27H2,1H3,(H,28,36)(H,29,37)(H,30,35)(H,31,34)(H,32,38)/t15-,19+,20+/m1/s1. The minimum atomic E-state index is -1.06. The van der Waals surface area contributed by atoms with Gasteiger partial charge in [0.1, 0.15) is 17.8 Å². The molecule has 2 aromatic carbocycles. The highest BCUT2D eigenvalue weighted by molar-refractivity contribution is 5.93. The molecule has 0 bridgehead atoms. The maximum absolute atomic E-state index is 12.5. The van der Waals surface area contributed by atoms with Gasteiger partial charge in [-0.1, -0.05) is 42.5 Å². The summed E-state index contributed by atoms with van der Waals surface area (Å²) in [5.74, 6) is -3.07. The lowest BCUT2D eigenvalue weighted by Crippen LogP contribution is -2.56. The molecular weight excluding hydrogens is 494 g/mol. The minimum absolute atomic E-state index is 0.0893. The molecule has 0 unspecified atom stereocenters. The number of phenols is 1. The second-order valence-electron chi connectivity index (χ2n) is 8.48. The summed E-state index contributed by atoms with van der Waals surface area (Å²) in [6, 6.07) is 12.1. The van der Waals surface area contributed by atoms with Crippen LogP contribution in [0.15, 0.2) is 54.6 Å². The van der Waals surface area contributed by atoms with Gasteiger partial charge in [-0.15, -0.1) is 0 Å². The number of amides is 5. The number of hydrazine groups is 1. The summed E-state index contributed by atoms with van der Waals surface area (Å²) in [6.45, 7) is 0.634. The maximum Gasteiger partial charge on any atom is 0.261 e. The summed E-state index contributed by atoms with van der Waals surface area (Å²) in [5, 5.41) is 16.7. The average Bonchev–Trinajstić information content (AvgIpc) is 2.91. The number of hydrogen-bond donors (Lipinski definition) is 8. The van der Waals surface area contributed by atoms with Crippen molar-refractivity contribution in [1.82, 2.24) is 26.8 Å². The van der Waals surface area contributed by atoms with Gasteiger partial charge in [0.15, 0.2) is 0 Å². The maximum atomic E-state index is 12.5. The predicted molar refractivity (Wildman–Crippen MR) is 138 cm³/mol. The van der Waals surface area contributed by atoms with E-state index in [2.05, 4.69) is 26.8 Å². The number of phenolic OH excluding ortho intramolecular Hbond substituents is 1. The van der Waals surface area contributed by atoms with Crippen molar-refractivity contribution in [2.75, 3.05) is 13.1 Å². The molecule has 0 saturated heterocycles. The number of aromatic hydroxyl groups is 1. The molecule has 0 heterocycles. The van der Waals surface area contributed by atoms with Gasteiger partial charge < -0.3 is 32.5 Å². The van der Waals surface area contributed by atoms with E-state index in [1.165, 1.54) is 19.1 Å². The minimum Gasteiger partial charge on any atom is -0.508 e. The van der Waals surface area contributed by atoms with E-state index in [0.717, 1.165) is 11.1 Å². The summed E-state index contributed by atoms with van der Waals surface area (Å²) in [4.78, 5) is 61.2. The van der Waals surface area contributed by atoms with E-state index in [1.807, 2.05) is 0 Å². The summed E-state index contributed by atoms with van der Waals surface area (Å²) < 4.78 is 0. The van der Waals surface area contributed by atoms with Crippen LogP contribution in [0.3, 0.4) is 0 Å². The smallest absolute Gasteiger partial charge is 0.261 e. The van der Waals surface area contributed by atoms with Crippen molar-refractivity contribution in [1.29, 1.82) is 0 Å². The number of carbonyl (C=O) groups excluding carboxylic acids is 5. The molecule has 3 atom stereocenters. The zero-order chi connectivity index (χ0) is 28.1. The van der Waals surface area contributed by atoms with Gasteiger partial charge in [-0.3, -0.25) is 34.8 Å². The number of nitrogens with one attached hydrogen (secondary N) is 5. The molecule has 0 aromatic heterocycles. The monoisotopic (exact) mass is 527 g/mol. The highest BCUT2D eigenvalue weighted by atomic mass is 16.3. The fourth-order valence-corrected chi connectivity index (χ4v) is 3.26. The van der Waals surface area contributed by atoms with Crippen LogP contribution in [0.2, 0.25) is 0 Å². The van der Waals surface area contributed by atoms with E-state index < -0.39 is 54.2 Å². The Morgan fingerprint density at radius 3 is 2.05 bits per heavy atom. The lowest BCUT2D eigenvalue weighted by molar-refractivity contribution is -0.132. The second-order valence-corrected chi connectivity index (χ2v) is 8.48. The zero-order valence-corrected chi connectivity index (χ0v) is 20.9. The fourth-order valence-electron chi connectivity index (χ4n) is 3.26. The van der Waals surface area contributed by atoms with E-state index >= 15 is 0 Å². The van der Waals surface area contributed by atoms with Crippen LogP contribution < -0.4 is 38.3 Å². The molecule has 13 nitrogen and oxygen atoms in total. The van der Waals surface area contributed by atoms with Crippen molar-refractivity contribution in [3.05, 3.63) is 65.7 Å². The molecule has 10 N–H and O–H groups in total. The van der Waals surface area contributed by atoms with Crippen LogP contribution in [0.25, 0.3) is 0 Å². The number of nitrogens with two attached hydrogens (primary N) is 2. The topological polar surface area (TPSA) is 218 Å². The summed E-state index contributed by atoms with van der Waals surface area (Å²) in [7, 11) is 0. The zero-order valence-electron chi connectivity index (χ0n) is 20.9. The molecule has 204 valence electrons. The molecular formula is C25H33N7O6. The molecule has 0 saturated carbocycles. The number of benzene rings is 2. The largest absolute Gasteiger partial charge is 0.508 e. The van der Waals surface area contributed by atoms with E-state index in [0.29, 0.717) is 0 Å². The van der Waals surface area contributed by atoms with Crippen molar-refractivity contribution in [3.8, 4) is 5.75 Å². The number of rotatable bonds is 12. The van der Waals surface area contributed by atoms with Gasteiger partial charge in [-0.25, -0.2) is 0 Å². The molecule has 13 heteroatoms. The first kappa shape index (κ1) is 29.7. The van der Waals surface area contributed by atoms with Gasteiger partial charge in [0.05, 0.1) is 19.1 Å². The Balaban J connectivity index is 1.86. The van der Waals surface area contributed by atoms with E-state index in [4.69, 9.17) is 11.5 Å². The summed E-state index contributed by atoms with van der Waals surface area (Å²) in [5.41, 5.74) is 16.9. The van der Waals surface area contributed by atoms with Gasteiger partial charge in [0.25, 0.3) is 11.8 Å². The molecule has 0 spiro atoms. The number of hydrogen-bond acceptors (Lipinski definition) is 8. The Morgan fingerprint density at radius 1 is 0.789 bits per heavy atom. The summed E-state index contributed by atoms with van der Waals surface area (Å²) >= 11 is 0. The van der Waals surface area contributed by atoms with Crippen LogP contribution in [0, 0.1) is 0 Å². The SMILES string of the molecule is C[C@@H](NC(=O)[C@@H](N)Cc1ccc(O)cc1)C(=O)NCC(=O)N[C@@H](Cc1ccccc1)C(=O)NNC(=O)CN. The highest BCUT2D eigenvalue weighted by Crippen LogP contribution is 2.11. The first-order valence-corrected chi connectivity index (χ1v) is 11.8. The fraction of sp³-hybridized carbons (Fsp3) is 0.320. The quantitative estimate of drug-likeness (QED) is 0.140. The molecule has 0 aliphatic heterocycles. The van der Waals surface area contributed by atoms with Gasteiger partial charge in [-0.05, 0) is 36.6 Å².